The summed E-state index contributed by atoms with van der Waals surface area (Å²) < 4.78 is 11.5. The fourth-order valence-corrected chi connectivity index (χ4v) is 4.89. The highest BCUT2D eigenvalue weighted by atomic mass is 35.5. The van der Waals surface area contributed by atoms with E-state index in [1.807, 2.05) is 23.1 Å². The number of fused-ring (bicyclic) bond motifs is 1. The van der Waals surface area contributed by atoms with Crippen LogP contribution < -0.4 is 9.64 Å². The summed E-state index contributed by atoms with van der Waals surface area (Å²) in [5, 5.41) is 16.9. The number of carboxylic acid groups (broad SMARTS) is 2. The number of carbonyl (C=O) groups is 2. The molecular weight excluding hydrogens is 514 g/mol. The number of morpholine rings is 1. The molecule has 0 radical (unpaired) electrons. The predicted octanol–water partition coefficient (Wildman–Crippen LogP) is 3.52. The Morgan fingerprint density at radius 2 is 1.79 bits per heavy atom. The summed E-state index contributed by atoms with van der Waals surface area (Å²) in [6.07, 6.45) is 1.41. The van der Waals surface area contributed by atoms with Crippen LogP contribution in [-0.4, -0.2) is 93.5 Å². The second-order valence-electron chi connectivity index (χ2n) is 9.65. The van der Waals surface area contributed by atoms with Gasteiger partial charge in [-0.25, -0.2) is 4.98 Å². The largest absolute Gasteiger partial charge is 0.483 e. The highest BCUT2D eigenvalue weighted by Crippen LogP contribution is 2.31. The first-order valence-electron chi connectivity index (χ1n) is 12.4. The topological polar surface area (TPSA) is 141 Å². The van der Waals surface area contributed by atoms with Gasteiger partial charge in [-0.3, -0.25) is 14.5 Å². The number of halogens is 1. The van der Waals surface area contributed by atoms with Gasteiger partial charge in [0.05, 0.1) is 29.4 Å². The molecule has 12 heteroatoms. The first kappa shape index (κ1) is 27.6. The zero-order valence-corrected chi connectivity index (χ0v) is 22.1. The molecule has 2 aliphatic heterocycles. The Morgan fingerprint density at radius 1 is 1.16 bits per heavy atom. The van der Waals surface area contributed by atoms with Gasteiger partial charge in [0.15, 0.2) is 5.65 Å². The Hall–Kier alpha value is -3.41. The van der Waals surface area contributed by atoms with Crippen LogP contribution >= 0.6 is 11.6 Å². The summed E-state index contributed by atoms with van der Waals surface area (Å²) in [7, 11) is 0. The van der Waals surface area contributed by atoms with Crippen molar-refractivity contribution in [3.63, 3.8) is 0 Å². The quantitative estimate of drug-likeness (QED) is 0.394. The number of nitrogens with zero attached hydrogens (tertiary/aromatic N) is 4. The first-order valence-corrected chi connectivity index (χ1v) is 12.8. The van der Waals surface area contributed by atoms with E-state index in [0.717, 1.165) is 50.4 Å². The van der Waals surface area contributed by atoms with Gasteiger partial charge >= 0.3 is 5.97 Å². The summed E-state index contributed by atoms with van der Waals surface area (Å²) in [6.45, 7) is 7.78. The summed E-state index contributed by atoms with van der Waals surface area (Å²) >= 11 is 6.58. The van der Waals surface area contributed by atoms with Gasteiger partial charge in [-0.1, -0.05) is 23.7 Å². The van der Waals surface area contributed by atoms with E-state index < -0.39 is 11.5 Å². The number of piperidine rings is 1. The molecule has 38 heavy (non-hydrogen) atoms. The molecule has 0 spiro atoms. The Bertz CT molecular complexity index is 1250. The van der Waals surface area contributed by atoms with Crippen molar-refractivity contribution in [3.05, 3.63) is 35.4 Å². The van der Waals surface area contributed by atoms with Crippen LogP contribution in [0.3, 0.4) is 0 Å². The third-order valence-electron chi connectivity index (χ3n) is 6.96. The lowest BCUT2D eigenvalue weighted by atomic mass is 9.98. The minimum atomic E-state index is -0.887. The number of imidazole rings is 1. The second kappa shape index (κ2) is 12.0. The molecule has 0 atom stereocenters. The van der Waals surface area contributed by atoms with Crippen molar-refractivity contribution in [2.45, 2.75) is 38.3 Å². The second-order valence-corrected chi connectivity index (χ2v) is 10.1. The van der Waals surface area contributed by atoms with Crippen molar-refractivity contribution in [1.82, 2.24) is 19.9 Å². The van der Waals surface area contributed by atoms with Crippen LogP contribution in [0.15, 0.2) is 30.3 Å². The lowest BCUT2D eigenvalue weighted by Gasteiger charge is -2.39. The smallest absolute Gasteiger partial charge is 0.323 e. The molecule has 2 fully saturated rings. The van der Waals surface area contributed by atoms with Gasteiger partial charge < -0.3 is 29.6 Å². The van der Waals surface area contributed by atoms with Crippen molar-refractivity contribution in [3.8, 4) is 17.3 Å². The molecule has 5 rings (SSSR count). The number of pyridine rings is 1. The number of H-pyrrole nitrogens is 1. The monoisotopic (exact) mass is 545 g/mol. The van der Waals surface area contributed by atoms with Gasteiger partial charge in [-0.2, -0.15) is 4.98 Å². The van der Waals surface area contributed by atoms with Gasteiger partial charge in [0.25, 0.3) is 12.5 Å². The number of benzene rings is 1. The average Bonchev–Trinajstić information content (AvgIpc) is 3.30. The van der Waals surface area contributed by atoms with Gasteiger partial charge in [0, 0.05) is 37.4 Å². The van der Waals surface area contributed by atoms with Crippen molar-refractivity contribution in [2.75, 3.05) is 44.3 Å². The van der Waals surface area contributed by atoms with Crippen LogP contribution in [0.25, 0.3) is 22.4 Å². The number of ether oxygens (including phenoxy) is 2. The maximum Gasteiger partial charge on any atom is 0.323 e. The fraction of sp³-hybridized carbons (Fsp3) is 0.462. The van der Waals surface area contributed by atoms with E-state index in [2.05, 4.69) is 27.0 Å². The molecule has 2 aliphatic rings. The molecule has 11 nitrogen and oxygen atoms in total. The van der Waals surface area contributed by atoms with Crippen LogP contribution in [0.5, 0.6) is 6.01 Å². The molecule has 2 aromatic heterocycles. The number of aliphatic carboxylic acids is 1. The number of rotatable bonds is 6. The third kappa shape index (κ3) is 6.17. The lowest BCUT2D eigenvalue weighted by molar-refractivity contribution is -0.150. The Kier molecular flexibility index (Phi) is 8.70. The van der Waals surface area contributed by atoms with E-state index >= 15 is 0 Å². The number of hydrogen-bond acceptors (Lipinski definition) is 8. The van der Waals surface area contributed by atoms with Crippen LogP contribution in [0.2, 0.25) is 5.02 Å². The van der Waals surface area contributed by atoms with Crippen LogP contribution in [0.1, 0.15) is 26.7 Å². The number of carboxylic acids is 1. The number of aromatic amines is 1. The molecule has 1 aromatic carbocycles. The maximum atomic E-state index is 11.5. The average molecular weight is 546 g/mol. The number of hydrogen-bond donors (Lipinski definition) is 3. The molecule has 3 aromatic rings. The van der Waals surface area contributed by atoms with Gasteiger partial charge in [0.1, 0.15) is 11.6 Å². The predicted molar refractivity (Wildman–Crippen MR) is 143 cm³/mol. The van der Waals surface area contributed by atoms with Gasteiger partial charge in [-0.15, -0.1) is 0 Å². The minimum absolute atomic E-state index is 0.0425. The number of nitrogens with one attached hydrogen (secondary N) is 1. The highest BCUT2D eigenvalue weighted by Gasteiger charge is 2.37. The molecule has 4 heterocycles. The molecule has 3 N–H and O–H groups in total. The van der Waals surface area contributed by atoms with E-state index in [-0.39, 0.29) is 12.6 Å². The van der Waals surface area contributed by atoms with Crippen molar-refractivity contribution >= 4 is 40.9 Å². The van der Waals surface area contributed by atoms with E-state index in [0.29, 0.717) is 41.0 Å². The molecule has 0 unspecified atom stereocenters. The van der Waals surface area contributed by atoms with Crippen molar-refractivity contribution in [1.29, 1.82) is 0 Å². The number of aromatic nitrogens is 3. The molecule has 0 saturated carbocycles. The lowest BCUT2D eigenvalue weighted by Crippen LogP contribution is -2.54. The van der Waals surface area contributed by atoms with E-state index in [1.54, 1.807) is 13.8 Å². The van der Waals surface area contributed by atoms with Crippen LogP contribution in [0.4, 0.5) is 5.69 Å². The van der Waals surface area contributed by atoms with Gasteiger partial charge in [0.2, 0.25) is 0 Å². The molecule has 0 amide bonds. The van der Waals surface area contributed by atoms with Crippen LogP contribution in [-0.2, 0) is 14.3 Å². The SMILES string of the molecule is CC(C)(C(=O)O)N1CCC(Oc2nc3nc(-c4ccc(N5CCOCC5)cc4)c(Cl)cc3[nH]2)CC1.O=CO. The summed E-state index contributed by atoms with van der Waals surface area (Å²) in [5.41, 5.74) is 3.12. The minimum Gasteiger partial charge on any atom is -0.483 e. The van der Waals surface area contributed by atoms with Gasteiger partial charge in [-0.05, 0) is 44.9 Å². The third-order valence-corrected chi connectivity index (χ3v) is 7.24. The zero-order valence-electron chi connectivity index (χ0n) is 21.4. The first-order chi connectivity index (χ1) is 18.2. The summed E-state index contributed by atoms with van der Waals surface area (Å²) in [6, 6.07) is 10.5. The van der Waals surface area contributed by atoms with Crippen molar-refractivity contribution in [2.24, 2.45) is 0 Å². The highest BCUT2D eigenvalue weighted by molar-refractivity contribution is 6.33. The number of likely N-dealkylation sites (tertiary alicyclic amines) is 1. The van der Waals surface area contributed by atoms with E-state index in [9.17, 15) is 9.90 Å². The Morgan fingerprint density at radius 3 is 2.39 bits per heavy atom. The van der Waals surface area contributed by atoms with E-state index in [4.69, 9.17) is 36.0 Å². The normalized spacial score (nSPS) is 17.1. The van der Waals surface area contributed by atoms with E-state index in [1.165, 1.54) is 0 Å². The molecule has 0 aliphatic carbocycles. The summed E-state index contributed by atoms with van der Waals surface area (Å²) in [5.74, 6) is -0.816. The van der Waals surface area contributed by atoms with Crippen molar-refractivity contribution < 1.29 is 29.3 Å². The molecule has 0 bridgehead atoms. The molecule has 2 saturated heterocycles. The number of anilines is 1. The molecular formula is C26H32ClN5O6. The standard InChI is InChI=1S/C25H30ClN5O4.CH2O2/c1-25(2,23(32)33)31-9-7-18(8-10-31)35-24-27-20-15-19(26)21(28-22(20)29-24)16-3-5-17(6-4-16)30-11-13-34-14-12-30;2-1-3/h3-6,15,18H,7-14H2,1-2H3,(H,32,33)(H,27,28,29);1H,(H,2,3). The Balaban J connectivity index is 0.00000107. The fourth-order valence-electron chi connectivity index (χ4n) is 4.63. The zero-order chi connectivity index (χ0) is 27.3. The Labute approximate surface area is 225 Å². The summed E-state index contributed by atoms with van der Waals surface area (Å²) in [4.78, 5) is 36.6. The van der Waals surface area contributed by atoms with Crippen LogP contribution in [0, 0.1) is 0 Å². The maximum absolute atomic E-state index is 11.5. The molecule has 204 valence electrons.